The molecule has 0 spiro atoms. The lowest BCUT2D eigenvalue weighted by Gasteiger charge is -2.27. The number of Topliss-reactive ketones (excluding diaryl/α,β-unsaturated/α-hetero) is 3. The second-order valence-electron chi connectivity index (χ2n) is 16.2. The highest BCUT2D eigenvalue weighted by Crippen LogP contribution is 2.47. The molecule has 3 rings (SSSR count). The molecule has 8 nitrogen and oxygen atoms in total. The van der Waals surface area contributed by atoms with Gasteiger partial charge in [0, 0.05) is 36.5 Å². The van der Waals surface area contributed by atoms with Crippen LogP contribution in [0, 0.1) is 29.1 Å². The first-order valence-corrected chi connectivity index (χ1v) is 19.1. The summed E-state index contributed by atoms with van der Waals surface area (Å²) < 4.78 is 0. The quantitative estimate of drug-likeness (QED) is 0.125. The van der Waals surface area contributed by atoms with Crippen molar-refractivity contribution < 1.29 is 24.0 Å². The third-order valence-corrected chi connectivity index (χ3v) is 10.0. The minimum atomic E-state index is -0.801. The van der Waals surface area contributed by atoms with Crippen LogP contribution in [0.2, 0.25) is 0 Å². The maximum atomic E-state index is 14.2. The molecule has 2 aromatic rings. The van der Waals surface area contributed by atoms with Crippen molar-refractivity contribution in [3.63, 3.8) is 0 Å². The van der Waals surface area contributed by atoms with Gasteiger partial charge in [-0.25, -0.2) is 0 Å². The third-order valence-electron chi connectivity index (χ3n) is 10.0. The van der Waals surface area contributed by atoms with E-state index in [0.29, 0.717) is 38.5 Å². The van der Waals surface area contributed by atoms with Crippen molar-refractivity contribution in [2.24, 2.45) is 29.1 Å². The molecular formula is C43H63N3O5. The molecule has 1 aliphatic carbocycles. The van der Waals surface area contributed by atoms with Gasteiger partial charge in [-0.05, 0) is 95.0 Å². The van der Waals surface area contributed by atoms with Crippen molar-refractivity contribution >= 4 is 29.2 Å². The van der Waals surface area contributed by atoms with Gasteiger partial charge in [-0.3, -0.25) is 24.0 Å². The first-order valence-electron chi connectivity index (χ1n) is 19.1. The highest BCUT2D eigenvalue weighted by molar-refractivity contribution is 5.97. The van der Waals surface area contributed by atoms with Crippen LogP contribution in [0.4, 0.5) is 0 Å². The number of nitrogens with one attached hydrogen (secondary N) is 2. The molecule has 2 aromatic carbocycles. The van der Waals surface area contributed by atoms with Gasteiger partial charge in [0.1, 0.15) is 5.78 Å². The van der Waals surface area contributed by atoms with Crippen LogP contribution in [-0.2, 0) is 36.8 Å². The summed E-state index contributed by atoms with van der Waals surface area (Å²) in [4.78, 5) is 70.8. The largest absolute Gasteiger partial charge is 0.346 e. The van der Waals surface area contributed by atoms with Crippen molar-refractivity contribution in [1.82, 2.24) is 15.5 Å². The van der Waals surface area contributed by atoms with Gasteiger partial charge in [-0.1, -0.05) is 95.3 Å². The molecule has 0 aromatic heterocycles. The van der Waals surface area contributed by atoms with E-state index in [1.807, 2.05) is 114 Å². The van der Waals surface area contributed by atoms with Crippen LogP contribution in [0.15, 0.2) is 60.7 Å². The topological polar surface area (TPSA) is 113 Å². The number of hydrogen-bond acceptors (Lipinski definition) is 6. The van der Waals surface area contributed by atoms with Crippen molar-refractivity contribution in [2.45, 2.75) is 117 Å². The Morgan fingerprint density at radius 2 is 1.25 bits per heavy atom. The average molecular weight is 702 g/mol. The zero-order valence-corrected chi connectivity index (χ0v) is 32.2. The fourth-order valence-electron chi connectivity index (χ4n) is 6.70. The Hall–Kier alpha value is -3.65. The average Bonchev–Trinajstić information content (AvgIpc) is 3.83. The zero-order chi connectivity index (χ0) is 37.6. The molecule has 0 bridgehead atoms. The maximum absolute atomic E-state index is 14.2. The Morgan fingerprint density at radius 1 is 0.725 bits per heavy atom. The number of amides is 2. The van der Waals surface area contributed by atoms with Crippen LogP contribution in [0.5, 0.6) is 0 Å². The van der Waals surface area contributed by atoms with Crippen LogP contribution in [0.3, 0.4) is 0 Å². The molecule has 2 amide bonds. The Labute approximate surface area is 306 Å². The maximum Gasteiger partial charge on any atom is 0.224 e. The first-order chi connectivity index (χ1) is 24.2. The number of ketones is 3. The summed E-state index contributed by atoms with van der Waals surface area (Å²) in [5.74, 6) is -1.70. The van der Waals surface area contributed by atoms with Crippen LogP contribution in [0.1, 0.15) is 104 Å². The molecule has 8 heteroatoms. The lowest BCUT2D eigenvalue weighted by atomic mass is 9.87. The van der Waals surface area contributed by atoms with Gasteiger partial charge >= 0.3 is 0 Å². The van der Waals surface area contributed by atoms with Gasteiger partial charge in [-0.15, -0.1) is 0 Å². The smallest absolute Gasteiger partial charge is 0.224 e. The normalized spacial score (nSPS) is 16.0. The SMILES string of the molecule is CC(C)CC(NC(=O)[C@H](CCc1ccccc1)CC(=O)CCCN(C)C)C(=O)C[C@@H](Cc1ccccc1)C(=O)NC(CC(C)C)C(=O)C1(C)CC1. The lowest BCUT2D eigenvalue weighted by molar-refractivity contribution is -0.135. The summed E-state index contributed by atoms with van der Waals surface area (Å²) >= 11 is 0. The van der Waals surface area contributed by atoms with Crippen molar-refractivity contribution in [3.05, 3.63) is 71.8 Å². The van der Waals surface area contributed by atoms with Crippen LogP contribution in [0.25, 0.3) is 0 Å². The minimum Gasteiger partial charge on any atom is -0.346 e. The van der Waals surface area contributed by atoms with E-state index in [0.717, 1.165) is 36.9 Å². The molecule has 0 saturated heterocycles. The van der Waals surface area contributed by atoms with E-state index in [2.05, 4.69) is 10.6 Å². The number of nitrogens with zero attached hydrogens (tertiary/aromatic N) is 1. The molecule has 0 heterocycles. The number of aryl methyl sites for hydroxylation is 1. The number of hydrogen-bond donors (Lipinski definition) is 2. The molecule has 4 atom stereocenters. The van der Waals surface area contributed by atoms with Gasteiger partial charge in [0.2, 0.25) is 11.8 Å². The summed E-state index contributed by atoms with van der Waals surface area (Å²) in [6, 6.07) is 18.1. The summed E-state index contributed by atoms with van der Waals surface area (Å²) in [7, 11) is 3.94. The molecule has 0 radical (unpaired) electrons. The summed E-state index contributed by atoms with van der Waals surface area (Å²) in [5, 5.41) is 6.12. The van der Waals surface area contributed by atoms with E-state index in [-0.39, 0.29) is 53.8 Å². The minimum absolute atomic E-state index is 0.0435. The molecule has 2 unspecified atom stereocenters. The Morgan fingerprint density at radius 3 is 1.80 bits per heavy atom. The van der Waals surface area contributed by atoms with Gasteiger partial charge in [0.05, 0.1) is 12.1 Å². The van der Waals surface area contributed by atoms with Gasteiger partial charge < -0.3 is 15.5 Å². The van der Waals surface area contributed by atoms with Crippen molar-refractivity contribution in [2.75, 3.05) is 20.6 Å². The predicted molar refractivity (Wildman–Crippen MR) is 204 cm³/mol. The third kappa shape index (κ3) is 14.9. The van der Waals surface area contributed by atoms with Crippen molar-refractivity contribution in [3.8, 4) is 0 Å². The van der Waals surface area contributed by atoms with E-state index in [4.69, 9.17) is 0 Å². The molecule has 51 heavy (non-hydrogen) atoms. The fourth-order valence-corrected chi connectivity index (χ4v) is 6.70. The molecule has 1 aliphatic rings. The molecular weight excluding hydrogens is 638 g/mol. The summed E-state index contributed by atoms with van der Waals surface area (Å²) in [6.07, 6.45) is 5.24. The highest BCUT2D eigenvalue weighted by Gasteiger charge is 2.48. The lowest BCUT2D eigenvalue weighted by Crippen LogP contribution is -2.49. The predicted octanol–water partition coefficient (Wildman–Crippen LogP) is 6.79. The second kappa shape index (κ2) is 20.4. The van der Waals surface area contributed by atoms with E-state index in [1.54, 1.807) is 0 Å². The first kappa shape index (κ1) is 41.8. The van der Waals surface area contributed by atoms with E-state index < -0.39 is 29.3 Å². The standard InChI is InChI=1S/C43H63N3O5/c1-30(2)25-37(44-41(50)34(21-20-32-15-10-8-11-16-32)28-36(47)19-14-24-46(6)7)39(48)29-35(27-33-17-12-9-13-18-33)42(51)45-38(26-31(3)4)40(49)43(5)22-23-43/h8-13,15-18,30-31,34-35,37-38H,14,19-29H2,1-7H3,(H,44,50)(H,45,51)/t34-,35-,37?,38?/m1/s1. The summed E-state index contributed by atoms with van der Waals surface area (Å²) in [5.41, 5.74) is 1.61. The Balaban J connectivity index is 1.81. The molecule has 0 aliphatic heterocycles. The molecule has 2 N–H and O–H groups in total. The molecule has 1 saturated carbocycles. The van der Waals surface area contributed by atoms with E-state index in [1.165, 1.54) is 0 Å². The molecule has 1 fully saturated rings. The van der Waals surface area contributed by atoms with Crippen LogP contribution in [-0.4, -0.2) is 66.8 Å². The number of benzene rings is 2. The Kier molecular flexibility index (Phi) is 16.7. The number of carbonyl (C=O) groups excluding carboxylic acids is 5. The Bertz CT molecular complexity index is 1420. The molecule has 280 valence electrons. The van der Waals surface area contributed by atoms with Crippen LogP contribution >= 0.6 is 0 Å². The number of carbonyl (C=O) groups is 5. The summed E-state index contributed by atoms with van der Waals surface area (Å²) in [6.45, 7) is 10.8. The monoisotopic (exact) mass is 701 g/mol. The fraction of sp³-hybridized carbons (Fsp3) is 0.605. The second-order valence-corrected chi connectivity index (χ2v) is 16.2. The van der Waals surface area contributed by atoms with E-state index in [9.17, 15) is 24.0 Å². The highest BCUT2D eigenvalue weighted by atomic mass is 16.2. The van der Waals surface area contributed by atoms with Crippen LogP contribution < -0.4 is 10.6 Å². The van der Waals surface area contributed by atoms with E-state index >= 15 is 0 Å². The zero-order valence-electron chi connectivity index (χ0n) is 32.2. The van der Waals surface area contributed by atoms with Gasteiger partial charge in [0.25, 0.3) is 0 Å². The number of rotatable bonds is 24. The van der Waals surface area contributed by atoms with Gasteiger partial charge in [0.15, 0.2) is 11.6 Å². The van der Waals surface area contributed by atoms with Crippen molar-refractivity contribution in [1.29, 1.82) is 0 Å². The van der Waals surface area contributed by atoms with Gasteiger partial charge in [-0.2, -0.15) is 0 Å².